The topological polar surface area (TPSA) is 58.3 Å². The van der Waals surface area contributed by atoms with Crippen molar-refractivity contribution in [2.24, 2.45) is 5.92 Å². The zero-order chi connectivity index (χ0) is 15.5. The number of hydrogen-bond donors (Lipinski definition) is 3. The molecule has 1 aliphatic rings. The van der Waals surface area contributed by atoms with Crippen molar-refractivity contribution in [2.45, 2.75) is 51.1 Å². The third-order valence-corrected chi connectivity index (χ3v) is 4.53. The fourth-order valence-electron chi connectivity index (χ4n) is 2.98. The number of benzene rings is 1. The lowest BCUT2D eigenvalue weighted by Crippen LogP contribution is -2.40. The number of nitrogen functional groups attached to an aromatic ring is 1. The van der Waals surface area contributed by atoms with E-state index < -0.39 is 12.0 Å². The summed E-state index contributed by atoms with van der Waals surface area (Å²) in [6.07, 6.45) is 1.99. The van der Waals surface area contributed by atoms with Crippen LogP contribution in [0.2, 0.25) is 0 Å². The molecule has 3 nitrogen and oxygen atoms in total. The second kappa shape index (κ2) is 6.60. The van der Waals surface area contributed by atoms with Gasteiger partial charge >= 0.3 is 0 Å². The Bertz CT molecular complexity index is 471. The summed E-state index contributed by atoms with van der Waals surface area (Å²) in [7, 11) is 0. The number of halogens is 2. The molecule has 0 unspecified atom stereocenters. The first kappa shape index (κ1) is 16.0. The molecule has 21 heavy (non-hydrogen) atoms. The van der Waals surface area contributed by atoms with Crippen molar-refractivity contribution in [1.82, 2.24) is 0 Å². The Kier molecular flexibility index (Phi) is 5.04. The first-order valence-electron chi connectivity index (χ1n) is 7.57. The van der Waals surface area contributed by atoms with Gasteiger partial charge in [-0.25, -0.2) is 8.78 Å². The molecule has 1 fully saturated rings. The SMILES string of the molecule is CCC1CCC(O)(CNc2ccc(N)cc2C(F)F)CC1. The molecule has 0 radical (unpaired) electrons. The van der Waals surface area contributed by atoms with E-state index in [0.29, 0.717) is 23.8 Å². The lowest BCUT2D eigenvalue weighted by molar-refractivity contribution is 0.00222. The summed E-state index contributed by atoms with van der Waals surface area (Å²) in [6.45, 7) is 2.46. The first-order chi connectivity index (χ1) is 9.93. The molecule has 1 saturated carbocycles. The molecule has 0 amide bonds. The van der Waals surface area contributed by atoms with E-state index in [0.717, 1.165) is 32.1 Å². The monoisotopic (exact) mass is 298 g/mol. The third-order valence-electron chi connectivity index (χ3n) is 4.53. The van der Waals surface area contributed by atoms with E-state index in [9.17, 15) is 13.9 Å². The van der Waals surface area contributed by atoms with Crippen LogP contribution in [0, 0.1) is 5.92 Å². The minimum absolute atomic E-state index is 0.110. The number of nitrogens with two attached hydrogens (primary N) is 1. The van der Waals surface area contributed by atoms with Crippen molar-refractivity contribution in [2.75, 3.05) is 17.6 Å². The second-order valence-corrected chi connectivity index (χ2v) is 6.08. The summed E-state index contributed by atoms with van der Waals surface area (Å²) in [5, 5.41) is 13.5. The Hall–Kier alpha value is -1.36. The van der Waals surface area contributed by atoms with Gasteiger partial charge in [0.15, 0.2) is 0 Å². The van der Waals surface area contributed by atoms with Gasteiger partial charge in [0.1, 0.15) is 0 Å². The third kappa shape index (κ3) is 4.06. The largest absolute Gasteiger partial charge is 0.399 e. The lowest BCUT2D eigenvalue weighted by Gasteiger charge is -2.36. The summed E-state index contributed by atoms with van der Waals surface area (Å²) in [4.78, 5) is 0. The van der Waals surface area contributed by atoms with Crippen molar-refractivity contribution in [1.29, 1.82) is 0 Å². The molecule has 4 N–H and O–H groups in total. The number of rotatable bonds is 5. The fourth-order valence-corrected chi connectivity index (χ4v) is 2.98. The predicted molar refractivity (Wildman–Crippen MR) is 81.5 cm³/mol. The normalized spacial score (nSPS) is 26.0. The van der Waals surface area contributed by atoms with Gasteiger partial charge in [0.05, 0.1) is 5.60 Å². The average molecular weight is 298 g/mol. The van der Waals surface area contributed by atoms with Gasteiger partial charge < -0.3 is 16.2 Å². The number of nitrogens with one attached hydrogen (secondary N) is 1. The van der Waals surface area contributed by atoms with Crippen molar-refractivity contribution in [3.05, 3.63) is 23.8 Å². The molecule has 0 atom stereocenters. The minimum atomic E-state index is -2.58. The van der Waals surface area contributed by atoms with Crippen molar-refractivity contribution in [3.8, 4) is 0 Å². The van der Waals surface area contributed by atoms with Crippen LogP contribution in [0.3, 0.4) is 0 Å². The summed E-state index contributed by atoms with van der Waals surface area (Å²) < 4.78 is 26.0. The molecule has 1 aliphatic carbocycles. The second-order valence-electron chi connectivity index (χ2n) is 6.08. The maximum absolute atomic E-state index is 13.0. The predicted octanol–water partition coefficient (Wildman–Crippen LogP) is 3.95. The van der Waals surface area contributed by atoms with Gasteiger partial charge in [-0.1, -0.05) is 13.3 Å². The van der Waals surface area contributed by atoms with Gasteiger partial charge in [0.2, 0.25) is 0 Å². The van der Waals surface area contributed by atoms with Gasteiger partial charge in [0.25, 0.3) is 6.43 Å². The minimum Gasteiger partial charge on any atom is -0.399 e. The molecule has 0 bridgehead atoms. The highest BCUT2D eigenvalue weighted by atomic mass is 19.3. The highest BCUT2D eigenvalue weighted by Crippen LogP contribution is 2.35. The van der Waals surface area contributed by atoms with Crippen LogP contribution in [0.15, 0.2) is 18.2 Å². The number of anilines is 2. The molecule has 0 aliphatic heterocycles. The molecule has 1 aromatic carbocycles. The Morgan fingerprint density at radius 1 is 1.38 bits per heavy atom. The number of hydrogen-bond acceptors (Lipinski definition) is 3. The molecule has 118 valence electrons. The van der Waals surface area contributed by atoms with Gasteiger partial charge in [-0.3, -0.25) is 0 Å². The molecular formula is C16H24F2N2O. The highest BCUT2D eigenvalue weighted by molar-refractivity contribution is 5.58. The van der Waals surface area contributed by atoms with Gasteiger partial charge in [0, 0.05) is 23.5 Å². The average Bonchev–Trinajstić information content (AvgIpc) is 2.47. The van der Waals surface area contributed by atoms with E-state index in [4.69, 9.17) is 5.73 Å². The molecule has 1 aromatic rings. The van der Waals surface area contributed by atoms with E-state index in [1.165, 1.54) is 6.07 Å². The van der Waals surface area contributed by atoms with E-state index >= 15 is 0 Å². The zero-order valence-corrected chi connectivity index (χ0v) is 12.4. The summed E-state index contributed by atoms with van der Waals surface area (Å²) in [5.41, 5.74) is 5.31. The number of aliphatic hydroxyl groups is 1. The Morgan fingerprint density at radius 2 is 2.05 bits per heavy atom. The van der Waals surface area contributed by atoms with Crippen LogP contribution < -0.4 is 11.1 Å². The van der Waals surface area contributed by atoms with Crippen LogP contribution in [0.25, 0.3) is 0 Å². The van der Waals surface area contributed by atoms with E-state index in [1.54, 1.807) is 12.1 Å². The van der Waals surface area contributed by atoms with E-state index in [1.807, 2.05) is 0 Å². The van der Waals surface area contributed by atoms with Crippen LogP contribution in [-0.4, -0.2) is 17.3 Å². The maximum Gasteiger partial charge on any atom is 0.265 e. The van der Waals surface area contributed by atoms with Gasteiger partial charge in [-0.05, 0) is 49.8 Å². The van der Waals surface area contributed by atoms with Crippen LogP contribution in [-0.2, 0) is 0 Å². The maximum atomic E-state index is 13.0. The van der Waals surface area contributed by atoms with Crippen molar-refractivity contribution >= 4 is 11.4 Å². The Balaban J connectivity index is 2.00. The lowest BCUT2D eigenvalue weighted by atomic mass is 9.78. The van der Waals surface area contributed by atoms with Crippen LogP contribution in [0.1, 0.15) is 51.0 Å². The molecule has 2 rings (SSSR count). The summed E-state index contributed by atoms with van der Waals surface area (Å²) in [6, 6.07) is 4.43. The quantitative estimate of drug-likeness (QED) is 0.721. The van der Waals surface area contributed by atoms with Gasteiger partial charge in [-0.15, -0.1) is 0 Å². The highest BCUT2D eigenvalue weighted by Gasteiger charge is 2.32. The summed E-state index contributed by atoms with van der Waals surface area (Å²) in [5.74, 6) is 0.679. The molecule has 0 aromatic heterocycles. The van der Waals surface area contributed by atoms with E-state index in [-0.39, 0.29) is 5.56 Å². The van der Waals surface area contributed by atoms with Crippen LogP contribution >= 0.6 is 0 Å². The molecule has 0 spiro atoms. The molecule has 5 heteroatoms. The molecule has 0 saturated heterocycles. The summed E-state index contributed by atoms with van der Waals surface area (Å²) >= 11 is 0. The van der Waals surface area contributed by atoms with Crippen molar-refractivity contribution < 1.29 is 13.9 Å². The smallest absolute Gasteiger partial charge is 0.265 e. The van der Waals surface area contributed by atoms with Gasteiger partial charge in [-0.2, -0.15) is 0 Å². The van der Waals surface area contributed by atoms with Crippen molar-refractivity contribution in [3.63, 3.8) is 0 Å². The molecule has 0 heterocycles. The Labute approximate surface area is 124 Å². The molecular weight excluding hydrogens is 274 g/mol. The van der Waals surface area contributed by atoms with E-state index in [2.05, 4.69) is 12.2 Å². The zero-order valence-electron chi connectivity index (χ0n) is 12.4. The fraction of sp³-hybridized carbons (Fsp3) is 0.625. The van der Waals surface area contributed by atoms with Crippen LogP contribution in [0.4, 0.5) is 20.2 Å². The first-order valence-corrected chi connectivity index (χ1v) is 7.57. The Morgan fingerprint density at radius 3 is 2.62 bits per heavy atom. The van der Waals surface area contributed by atoms with Crippen LogP contribution in [0.5, 0.6) is 0 Å². The number of alkyl halides is 2. The standard InChI is InChI=1S/C16H24F2N2O/c1-2-11-5-7-16(21,8-6-11)10-20-14-4-3-12(19)9-13(14)15(17)18/h3-4,9,11,15,20-21H,2,5-8,10,19H2,1H3.